The predicted octanol–water partition coefficient (Wildman–Crippen LogP) is 4.90. The van der Waals surface area contributed by atoms with Crippen molar-refractivity contribution in [3.63, 3.8) is 0 Å². The van der Waals surface area contributed by atoms with Crippen molar-refractivity contribution in [2.24, 2.45) is 0 Å². The van der Waals surface area contributed by atoms with E-state index in [-0.39, 0.29) is 6.61 Å². The van der Waals surface area contributed by atoms with Crippen molar-refractivity contribution >= 4 is 45.8 Å². The number of ether oxygens (including phenoxy) is 2. The minimum absolute atomic E-state index is 0.249. The largest absolute Gasteiger partial charge is 0.465 e. The fourth-order valence-corrected chi connectivity index (χ4v) is 3.16. The summed E-state index contributed by atoms with van der Waals surface area (Å²) in [5.74, 6) is -0.904. The van der Waals surface area contributed by atoms with Crippen LogP contribution in [0.2, 0.25) is 5.02 Å². The zero-order chi connectivity index (χ0) is 20.3. The highest BCUT2D eigenvalue weighted by atomic mass is 35.5. The molecule has 0 spiro atoms. The lowest BCUT2D eigenvalue weighted by atomic mass is 10.1. The van der Waals surface area contributed by atoms with Gasteiger partial charge in [-0.25, -0.2) is 9.59 Å². The number of carbonyl (C=O) groups excluding carboxylic acids is 2. The van der Waals surface area contributed by atoms with Gasteiger partial charge in [0.25, 0.3) is 0 Å². The molecule has 0 fully saturated rings. The average molecular weight is 399 g/mol. The Hall–Kier alpha value is -3.12. The third kappa shape index (κ3) is 3.92. The Balaban J connectivity index is 2.12. The van der Waals surface area contributed by atoms with Crippen LogP contribution in [0.15, 0.2) is 42.6 Å². The first kappa shape index (κ1) is 19.6. The van der Waals surface area contributed by atoms with E-state index in [0.29, 0.717) is 32.9 Å². The molecule has 144 valence electrons. The number of anilines is 2. The third-order valence-electron chi connectivity index (χ3n) is 4.20. The lowest BCUT2D eigenvalue weighted by Crippen LogP contribution is -2.09. The fraction of sp³-hybridized carbons (Fsp3) is 0.190. The fourth-order valence-electron chi connectivity index (χ4n) is 2.89. The lowest BCUT2D eigenvalue weighted by Gasteiger charge is -2.15. The van der Waals surface area contributed by atoms with Crippen LogP contribution in [0.1, 0.15) is 33.2 Å². The highest BCUT2D eigenvalue weighted by Gasteiger charge is 2.18. The van der Waals surface area contributed by atoms with Crippen molar-refractivity contribution in [1.82, 2.24) is 4.98 Å². The highest BCUT2D eigenvalue weighted by Crippen LogP contribution is 2.33. The minimum Gasteiger partial charge on any atom is -0.465 e. The normalized spacial score (nSPS) is 10.6. The van der Waals surface area contributed by atoms with Gasteiger partial charge in [-0.15, -0.1) is 0 Å². The average Bonchev–Trinajstić information content (AvgIpc) is 2.68. The first-order valence-electron chi connectivity index (χ1n) is 8.66. The Kier molecular flexibility index (Phi) is 5.80. The number of aromatic nitrogens is 1. The van der Waals surface area contributed by atoms with Crippen LogP contribution in [0, 0.1) is 6.92 Å². The maximum atomic E-state index is 12.5. The van der Waals surface area contributed by atoms with E-state index >= 15 is 0 Å². The Morgan fingerprint density at radius 2 is 1.86 bits per heavy atom. The summed E-state index contributed by atoms with van der Waals surface area (Å²) in [5, 5.41) is 4.48. The van der Waals surface area contributed by atoms with Gasteiger partial charge in [-0.1, -0.05) is 11.6 Å². The number of methoxy groups -OCH3 is 1. The molecule has 0 unspecified atom stereocenters. The van der Waals surface area contributed by atoms with Gasteiger partial charge in [-0.05, 0) is 55.8 Å². The van der Waals surface area contributed by atoms with Crippen molar-refractivity contribution in [2.45, 2.75) is 13.8 Å². The number of rotatable bonds is 5. The number of nitrogens with one attached hydrogen (secondary N) is 1. The van der Waals surface area contributed by atoms with Crippen molar-refractivity contribution in [3.8, 4) is 0 Å². The summed E-state index contributed by atoms with van der Waals surface area (Å²) in [6, 6.07) is 10.3. The van der Waals surface area contributed by atoms with Crippen molar-refractivity contribution < 1.29 is 19.1 Å². The van der Waals surface area contributed by atoms with Gasteiger partial charge >= 0.3 is 11.9 Å². The van der Waals surface area contributed by atoms with Crippen LogP contribution >= 0.6 is 11.6 Å². The van der Waals surface area contributed by atoms with E-state index in [0.717, 1.165) is 11.1 Å². The van der Waals surface area contributed by atoms with Gasteiger partial charge < -0.3 is 14.8 Å². The molecular weight excluding hydrogens is 380 g/mol. The van der Waals surface area contributed by atoms with Gasteiger partial charge in [0.15, 0.2) is 0 Å². The molecule has 3 aromatic rings. The number of benzene rings is 2. The molecule has 3 rings (SSSR count). The minimum atomic E-state index is -0.483. The number of aryl methyl sites for hydroxylation is 1. The van der Waals surface area contributed by atoms with E-state index in [2.05, 4.69) is 10.3 Å². The smallest absolute Gasteiger partial charge is 0.341 e. The third-order valence-corrected chi connectivity index (χ3v) is 4.42. The first-order valence-corrected chi connectivity index (χ1v) is 9.03. The number of nitrogens with zero attached hydrogens (tertiary/aromatic N) is 1. The van der Waals surface area contributed by atoms with Gasteiger partial charge in [0.1, 0.15) is 5.56 Å². The van der Waals surface area contributed by atoms with Crippen molar-refractivity contribution in [1.29, 1.82) is 0 Å². The molecule has 1 N–H and O–H groups in total. The molecule has 0 saturated heterocycles. The highest BCUT2D eigenvalue weighted by molar-refractivity contribution is 6.31. The molecule has 0 atom stereocenters. The van der Waals surface area contributed by atoms with E-state index < -0.39 is 11.9 Å². The molecule has 28 heavy (non-hydrogen) atoms. The quantitative estimate of drug-likeness (QED) is 0.615. The van der Waals surface area contributed by atoms with Gasteiger partial charge in [-0.2, -0.15) is 0 Å². The molecule has 0 aliphatic rings. The van der Waals surface area contributed by atoms with Crippen LogP contribution in [0.5, 0.6) is 0 Å². The molecule has 0 aliphatic heterocycles. The van der Waals surface area contributed by atoms with Gasteiger partial charge in [-0.3, -0.25) is 4.98 Å². The lowest BCUT2D eigenvalue weighted by molar-refractivity contribution is 0.0526. The summed E-state index contributed by atoms with van der Waals surface area (Å²) in [5.41, 5.74) is 3.57. The zero-order valence-corrected chi connectivity index (χ0v) is 16.5. The van der Waals surface area contributed by atoms with E-state index in [9.17, 15) is 9.59 Å². The second-order valence-electron chi connectivity index (χ2n) is 6.08. The molecule has 6 nitrogen and oxygen atoms in total. The van der Waals surface area contributed by atoms with Crippen LogP contribution in [0.4, 0.5) is 11.4 Å². The van der Waals surface area contributed by atoms with E-state index in [1.54, 1.807) is 37.3 Å². The molecule has 1 heterocycles. The Labute approximate surface area is 167 Å². The van der Waals surface area contributed by atoms with Gasteiger partial charge in [0, 0.05) is 22.3 Å². The molecule has 1 aromatic heterocycles. The topological polar surface area (TPSA) is 77.5 Å². The number of esters is 2. The second-order valence-corrected chi connectivity index (χ2v) is 6.52. The van der Waals surface area contributed by atoms with Crippen LogP contribution in [-0.2, 0) is 9.47 Å². The maximum Gasteiger partial charge on any atom is 0.341 e. The van der Waals surface area contributed by atoms with E-state index in [1.807, 2.05) is 13.0 Å². The van der Waals surface area contributed by atoms with Gasteiger partial charge in [0.2, 0.25) is 0 Å². The van der Waals surface area contributed by atoms with E-state index in [4.69, 9.17) is 21.1 Å². The Morgan fingerprint density at radius 1 is 1.14 bits per heavy atom. The molecule has 0 aliphatic carbocycles. The SMILES string of the molecule is CCOC(=O)c1cnc2c(C)cc(Cl)cc2c1Nc1ccc(C(=O)OC)cc1. The summed E-state index contributed by atoms with van der Waals surface area (Å²) in [6.07, 6.45) is 1.49. The molecular formula is C21H19ClN2O4. The van der Waals surface area contributed by atoms with Crippen LogP contribution in [0.3, 0.4) is 0 Å². The first-order chi connectivity index (χ1) is 13.4. The molecule has 0 amide bonds. The predicted molar refractivity (Wildman–Crippen MR) is 109 cm³/mol. The standard InChI is InChI=1S/C21H19ClN2O4/c1-4-28-21(26)17-11-23-18-12(2)9-14(22)10-16(18)19(17)24-15-7-5-13(6-8-15)20(25)27-3/h5-11H,4H2,1-3H3,(H,23,24). The number of halogens is 1. The molecule has 0 saturated carbocycles. The number of fused-ring (bicyclic) bond motifs is 1. The summed E-state index contributed by atoms with van der Waals surface area (Å²) < 4.78 is 9.88. The zero-order valence-electron chi connectivity index (χ0n) is 15.7. The number of carbonyl (C=O) groups is 2. The number of pyridine rings is 1. The van der Waals surface area contributed by atoms with Crippen LogP contribution in [-0.4, -0.2) is 30.6 Å². The van der Waals surface area contributed by atoms with Gasteiger partial charge in [0.05, 0.1) is 30.5 Å². The molecule has 7 heteroatoms. The summed E-state index contributed by atoms with van der Waals surface area (Å²) >= 11 is 6.24. The monoisotopic (exact) mass is 398 g/mol. The molecule has 0 radical (unpaired) electrons. The van der Waals surface area contributed by atoms with Crippen LogP contribution < -0.4 is 5.32 Å². The summed E-state index contributed by atoms with van der Waals surface area (Å²) in [4.78, 5) is 28.5. The molecule has 2 aromatic carbocycles. The second kappa shape index (κ2) is 8.27. The number of hydrogen-bond donors (Lipinski definition) is 1. The maximum absolute atomic E-state index is 12.5. The summed E-state index contributed by atoms with van der Waals surface area (Å²) in [7, 11) is 1.33. The molecule has 0 bridgehead atoms. The van der Waals surface area contributed by atoms with Crippen molar-refractivity contribution in [2.75, 3.05) is 19.0 Å². The summed E-state index contributed by atoms with van der Waals surface area (Å²) in [6.45, 7) is 3.89. The van der Waals surface area contributed by atoms with Crippen molar-refractivity contribution in [3.05, 3.63) is 64.3 Å². The van der Waals surface area contributed by atoms with E-state index in [1.165, 1.54) is 13.3 Å². The van der Waals surface area contributed by atoms with Crippen LogP contribution in [0.25, 0.3) is 10.9 Å². The Bertz CT molecular complexity index is 1050. The number of hydrogen-bond acceptors (Lipinski definition) is 6. The Morgan fingerprint density at radius 3 is 2.50 bits per heavy atom.